The second kappa shape index (κ2) is 7.50. The van der Waals surface area contributed by atoms with Gasteiger partial charge in [0.25, 0.3) is 0 Å². The first-order valence-electron chi connectivity index (χ1n) is 4.66. The van der Waals surface area contributed by atoms with Gasteiger partial charge in [-0.1, -0.05) is 0 Å². The van der Waals surface area contributed by atoms with Crippen molar-refractivity contribution in [3.8, 4) is 0 Å². The van der Waals surface area contributed by atoms with Gasteiger partial charge in [-0.15, -0.1) is 0 Å². The summed E-state index contributed by atoms with van der Waals surface area (Å²) in [5, 5.41) is 62.5. The number of hydrogen-bond acceptors (Lipinski definition) is 9. The van der Waals surface area contributed by atoms with Crippen LogP contribution >= 0.6 is 0 Å². The highest BCUT2D eigenvalue weighted by Crippen LogP contribution is 2.09. The van der Waals surface area contributed by atoms with Crippen molar-refractivity contribution in [1.82, 2.24) is 0 Å². The van der Waals surface area contributed by atoms with Gasteiger partial charge in [0, 0.05) is 0 Å². The van der Waals surface area contributed by atoms with Gasteiger partial charge in [0.15, 0.2) is 0 Å². The Morgan fingerprint density at radius 2 is 1.47 bits per heavy atom. The fraction of sp³-hybridized carbons (Fsp3) is 0.875. The largest absolute Gasteiger partial charge is 0.431 e. The minimum Gasteiger partial charge on any atom is -0.431 e. The highest BCUT2D eigenvalue weighted by Gasteiger charge is 2.35. The minimum absolute atomic E-state index is 0.878. The number of esters is 1. The molecule has 0 aromatic heterocycles. The molecule has 5 atom stereocenters. The summed E-state index contributed by atoms with van der Waals surface area (Å²) in [6, 6.07) is 0. The summed E-state index contributed by atoms with van der Waals surface area (Å²) in [5.74, 6) is -1.25. The molecule has 0 rings (SSSR count). The molecule has 0 fully saturated rings. The van der Waals surface area contributed by atoms with E-state index in [9.17, 15) is 20.1 Å². The highest BCUT2D eigenvalue weighted by atomic mass is 16.7. The molecule has 9 nitrogen and oxygen atoms in total. The van der Waals surface area contributed by atoms with Crippen molar-refractivity contribution in [2.75, 3.05) is 13.2 Å². The molecule has 102 valence electrons. The average molecular weight is 256 g/mol. The Balaban J connectivity index is 4.37. The molecule has 17 heavy (non-hydrogen) atoms. The number of carbonyl (C=O) groups is 1. The van der Waals surface area contributed by atoms with Crippen LogP contribution in [0.3, 0.4) is 0 Å². The Labute approximate surface area is 96.1 Å². The zero-order valence-corrected chi connectivity index (χ0v) is 8.75. The first kappa shape index (κ1) is 16.2. The maximum Gasteiger partial charge on any atom is 0.334 e. The third kappa shape index (κ3) is 4.91. The Morgan fingerprint density at radius 1 is 0.941 bits per heavy atom. The molecule has 0 aromatic rings. The van der Waals surface area contributed by atoms with Crippen LogP contribution in [0.25, 0.3) is 0 Å². The lowest BCUT2D eigenvalue weighted by atomic mass is 10.0. The number of hydrogen-bond donors (Lipinski definition) is 7. The van der Waals surface area contributed by atoms with E-state index in [-0.39, 0.29) is 0 Å². The van der Waals surface area contributed by atoms with Crippen LogP contribution in [0.2, 0.25) is 0 Å². The van der Waals surface area contributed by atoms with E-state index < -0.39 is 49.9 Å². The third-order valence-electron chi connectivity index (χ3n) is 1.95. The molecule has 9 heteroatoms. The van der Waals surface area contributed by atoms with E-state index in [1.54, 1.807) is 0 Å². The monoisotopic (exact) mass is 256 g/mol. The molecule has 0 radical (unpaired) electrons. The zero-order chi connectivity index (χ0) is 13.6. The van der Waals surface area contributed by atoms with Crippen molar-refractivity contribution >= 4 is 5.97 Å². The smallest absolute Gasteiger partial charge is 0.334 e. The van der Waals surface area contributed by atoms with Crippen molar-refractivity contribution in [2.24, 2.45) is 0 Å². The van der Waals surface area contributed by atoms with Crippen LogP contribution in [-0.4, -0.2) is 85.6 Å². The summed E-state index contributed by atoms with van der Waals surface area (Å²) in [5.41, 5.74) is 0. The molecule has 0 bridgehead atoms. The van der Waals surface area contributed by atoms with Crippen LogP contribution in [-0.2, 0) is 9.53 Å². The number of carbonyl (C=O) groups excluding carboxylic acids is 1. The molecule has 0 saturated carbocycles. The molecule has 0 spiro atoms. The van der Waals surface area contributed by atoms with E-state index in [1.165, 1.54) is 0 Å². The zero-order valence-electron chi connectivity index (χ0n) is 8.75. The number of aliphatic hydroxyl groups excluding tert-OH is 7. The fourth-order valence-electron chi connectivity index (χ4n) is 0.948. The summed E-state index contributed by atoms with van der Waals surface area (Å²) < 4.78 is 4.05. The molecule has 0 amide bonds. The van der Waals surface area contributed by atoms with Crippen LogP contribution in [0.15, 0.2) is 0 Å². The fourth-order valence-corrected chi connectivity index (χ4v) is 0.948. The maximum absolute atomic E-state index is 10.5. The molecule has 0 aromatic carbocycles. The molecule has 1 unspecified atom stereocenters. The van der Waals surface area contributed by atoms with Gasteiger partial charge in [0.05, 0.1) is 6.61 Å². The summed E-state index contributed by atoms with van der Waals surface area (Å²) >= 11 is 0. The Morgan fingerprint density at radius 3 is 1.88 bits per heavy atom. The SMILES string of the molecule is O=C(CO)OC(O)[C@H](O)[C@H](O)[C@H](O)[C@@H](O)CO. The Hall–Kier alpha value is -0.810. The van der Waals surface area contributed by atoms with Crippen molar-refractivity contribution < 1.29 is 45.3 Å². The third-order valence-corrected chi connectivity index (χ3v) is 1.95. The second-order valence-corrected chi connectivity index (χ2v) is 3.26. The Kier molecular flexibility index (Phi) is 7.15. The van der Waals surface area contributed by atoms with E-state index >= 15 is 0 Å². The van der Waals surface area contributed by atoms with Gasteiger partial charge in [-0.3, -0.25) is 0 Å². The van der Waals surface area contributed by atoms with Gasteiger partial charge in [-0.25, -0.2) is 4.79 Å². The van der Waals surface area contributed by atoms with Gasteiger partial charge in [0.2, 0.25) is 6.29 Å². The summed E-state index contributed by atoms with van der Waals surface area (Å²) in [6.07, 6.45) is -10.0. The molecule has 7 N–H and O–H groups in total. The summed E-state index contributed by atoms with van der Waals surface area (Å²) in [4.78, 5) is 10.5. The van der Waals surface area contributed by atoms with E-state index in [0.717, 1.165) is 0 Å². The quantitative estimate of drug-likeness (QED) is 0.175. The van der Waals surface area contributed by atoms with Crippen LogP contribution in [0, 0.1) is 0 Å². The maximum atomic E-state index is 10.5. The van der Waals surface area contributed by atoms with Crippen molar-refractivity contribution in [1.29, 1.82) is 0 Å². The van der Waals surface area contributed by atoms with Crippen molar-refractivity contribution in [2.45, 2.75) is 30.7 Å². The topological polar surface area (TPSA) is 168 Å². The van der Waals surface area contributed by atoms with Gasteiger partial charge in [0.1, 0.15) is 31.0 Å². The molecule has 0 heterocycles. The number of rotatable bonds is 7. The standard InChI is InChI=1S/C8H16O9/c9-1-3(11)5(13)6(14)7(15)8(16)17-4(12)2-10/h3,5-11,13-16H,1-2H2/t3-,5+,6+,7+,8?/m0/s1. The van der Waals surface area contributed by atoms with Crippen molar-refractivity contribution in [3.05, 3.63) is 0 Å². The first-order chi connectivity index (χ1) is 7.84. The first-order valence-corrected chi connectivity index (χ1v) is 4.66. The molecule has 0 saturated heterocycles. The second-order valence-electron chi connectivity index (χ2n) is 3.26. The normalized spacial score (nSPS) is 20.2. The van der Waals surface area contributed by atoms with E-state index in [4.69, 9.17) is 20.4 Å². The van der Waals surface area contributed by atoms with Crippen molar-refractivity contribution in [3.63, 3.8) is 0 Å². The van der Waals surface area contributed by atoms with Gasteiger partial charge >= 0.3 is 5.97 Å². The van der Waals surface area contributed by atoms with E-state index in [2.05, 4.69) is 4.74 Å². The van der Waals surface area contributed by atoms with Crippen LogP contribution < -0.4 is 0 Å². The molecule has 0 aliphatic carbocycles. The van der Waals surface area contributed by atoms with Crippen LogP contribution in [0.1, 0.15) is 0 Å². The van der Waals surface area contributed by atoms with E-state index in [0.29, 0.717) is 0 Å². The van der Waals surface area contributed by atoms with Gasteiger partial charge in [-0.2, -0.15) is 0 Å². The molecule has 0 aliphatic rings. The summed E-state index contributed by atoms with van der Waals surface area (Å²) in [6.45, 7) is -1.92. The lowest BCUT2D eigenvalue weighted by molar-refractivity contribution is -0.215. The number of aliphatic hydroxyl groups is 7. The molecular weight excluding hydrogens is 240 g/mol. The lowest BCUT2D eigenvalue weighted by Crippen LogP contribution is -2.51. The van der Waals surface area contributed by atoms with Gasteiger partial charge < -0.3 is 40.5 Å². The summed E-state index contributed by atoms with van der Waals surface area (Å²) in [7, 11) is 0. The minimum atomic E-state index is -2.19. The van der Waals surface area contributed by atoms with E-state index in [1.807, 2.05) is 0 Å². The van der Waals surface area contributed by atoms with Gasteiger partial charge in [-0.05, 0) is 0 Å². The highest BCUT2D eigenvalue weighted by molar-refractivity contribution is 5.70. The van der Waals surface area contributed by atoms with Crippen LogP contribution in [0.5, 0.6) is 0 Å². The van der Waals surface area contributed by atoms with Crippen LogP contribution in [0.4, 0.5) is 0 Å². The predicted octanol–water partition coefficient (Wildman–Crippen LogP) is -4.72. The number of ether oxygens (including phenoxy) is 1. The predicted molar refractivity (Wildman–Crippen MR) is 50.3 cm³/mol. The molecular formula is C8H16O9. The lowest BCUT2D eigenvalue weighted by Gasteiger charge is -2.27. The molecule has 0 aliphatic heterocycles. The Bertz CT molecular complexity index is 233. The average Bonchev–Trinajstić information content (AvgIpc) is 2.34.